The van der Waals surface area contributed by atoms with Gasteiger partial charge in [-0.3, -0.25) is 9.80 Å². The number of benzene rings is 2. The second kappa shape index (κ2) is 12.7. The number of ether oxygens (including phenoxy) is 2. The van der Waals surface area contributed by atoms with Crippen molar-refractivity contribution in [3.8, 4) is 32.1 Å². The lowest BCUT2D eigenvalue weighted by Crippen LogP contribution is -2.36. The molecule has 256 valence electrons. The Balaban J connectivity index is 1.04. The summed E-state index contributed by atoms with van der Waals surface area (Å²) < 4.78 is 11.3. The van der Waals surface area contributed by atoms with E-state index in [0.717, 1.165) is 75.6 Å². The first-order chi connectivity index (χ1) is 23.3. The van der Waals surface area contributed by atoms with E-state index in [1.807, 2.05) is 53.8 Å². The Bertz CT molecular complexity index is 1980. The van der Waals surface area contributed by atoms with Crippen molar-refractivity contribution >= 4 is 34.6 Å². The van der Waals surface area contributed by atoms with Crippen molar-refractivity contribution in [2.45, 2.75) is 90.5 Å². The minimum absolute atomic E-state index is 0.116. The van der Waals surface area contributed by atoms with Gasteiger partial charge >= 0.3 is 12.2 Å². The molecule has 2 atom stereocenters. The molecule has 0 aliphatic carbocycles. The maximum absolute atomic E-state index is 12.9. The molecule has 2 aliphatic rings. The van der Waals surface area contributed by atoms with E-state index in [1.165, 1.54) is 4.88 Å². The van der Waals surface area contributed by atoms with Crippen LogP contribution in [0.2, 0.25) is 0 Å². The number of hydrogen-bond donors (Lipinski definition) is 2. The lowest BCUT2D eigenvalue weighted by Gasteiger charge is -2.27. The minimum atomic E-state index is -0.540. The number of likely N-dealkylation sites (tertiary alicyclic amines) is 2. The average Bonchev–Trinajstić information content (AvgIpc) is 3.87. The molecule has 10 nitrogen and oxygen atoms in total. The molecule has 0 bridgehead atoms. The van der Waals surface area contributed by atoms with Crippen LogP contribution < -0.4 is 0 Å². The van der Waals surface area contributed by atoms with Gasteiger partial charge < -0.3 is 19.4 Å². The third kappa shape index (κ3) is 7.08. The summed E-state index contributed by atoms with van der Waals surface area (Å²) in [6, 6.07) is 18.9. The molecule has 0 spiro atoms. The van der Waals surface area contributed by atoms with Gasteiger partial charge in [0.1, 0.15) is 22.9 Å². The van der Waals surface area contributed by atoms with E-state index in [9.17, 15) is 9.59 Å². The molecule has 2 aromatic carbocycles. The van der Waals surface area contributed by atoms with Crippen LogP contribution in [0.25, 0.3) is 43.2 Å². The van der Waals surface area contributed by atoms with E-state index in [-0.39, 0.29) is 24.3 Å². The summed E-state index contributed by atoms with van der Waals surface area (Å²) in [5.41, 5.74) is 4.97. The fraction of sp³-hybridized carbons (Fsp3) is 0.421. The summed E-state index contributed by atoms with van der Waals surface area (Å²) in [7, 11) is 0. The second-order valence-corrected chi connectivity index (χ2v) is 16.0. The minimum Gasteiger partial charge on any atom is -0.444 e. The third-order valence-electron chi connectivity index (χ3n) is 8.86. The lowest BCUT2D eigenvalue weighted by atomic mass is 10.1. The van der Waals surface area contributed by atoms with Gasteiger partial charge in [-0.25, -0.2) is 19.6 Å². The maximum Gasteiger partial charge on any atom is 0.410 e. The van der Waals surface area contributed by atoms with Gasteiger partial charge in [-0.05, 0) is 108 Å². The topological polar surface area (TPSA) is 116 Å². The zero-order chi connectivity index (χ0) is 34.5. The predicted molar refractivity (Wildman–Crippen MR) is 192 cm³/mol. The summed E-state index contributed by atoms with van der Waals surface area (Å²) in [5.74, 6) is 1.59. The highest BCUT2D eigenvalue weighted by Gasteiger charge is 2.36. The zero-order valence-corrected chi connectivity index (χ0v) is 29.8. The molecule has 2 aliphatic heterocycles. The molecular weight excluding hydrogens is 637 g/mol. The number of hydrogen-bond acceptors (Lipinski definition) is 7. The number of fused-ring (bicyclic) bond motifs is 1. The number of imidazole rings is 2. The molecule has 2 saturated heterocycles. The Morgan fingerprint density at radius 1 is 0.735 bits per heavy atom. The number of carbonyl (C=O) groups is 2. The van der Waals surface area contributed by atoms with Gasteiger partial charge in [-0.15, -0.1) is 11.3 Å². The Morgan fingerprint density at radius 3 is 1.90 bits per heavy atom. The maximum atomic E-state index is 12.9. The zero-order valence-electron chi connectivity index (χ0n) is 29.0. The fourth-order valence-electron chi connectivity index (χ4n) is 6.64. The fourth-order valence-corrected chi connectivity index (χ4v) is 7.64. The van der Waals surface area contributed by atoms with E-state index < -0.39 is 11.2 Å². The largest absolute Gasteiger partial charge is 0.444 e. The Labute approximate surface area is 290 Å². The van der Waals surface area contributed by atoms with Gasteiger partial charge in [-0.1, -0.05) is 30.3 Å². The van der Waals surface area contributed by atoms with Crippen molar-refractivity contribution in [2.24, 2.45) is 0 Å². The van der Waals surface area contributed by atoms with Gasteiger partial charge in [0.15, 0.2) is 0 Å². The number of thiophene rings is 1. The van der Waals surface area contributed by atoms with Gasteiger partial charge in [0.25, 0.3) is 0 Å². The van der Waals surface area contributed by atoms with Crippen molar-refractivity contribution in [3.05, 3.63) is 72.4 Å². The number of rotatable bonds is 5. The highest BCUT2D eigenvalue weighted by atomic mass is 32.1. The second-order valence-electron chi connectivity index (χ2n) is 14.9. The van der Waals surface area contributed by atoms with Crippen LogP contribution in [0.5, 0.6) is 0 Å². The molecule has 0 saturated carbocycles. The highest BCUT2D eigenvalue weighted by Crippen LogP contribution is 2.38. The summed E-state index contributed by atoms with van der Waals surface area (Å²) in [5, 5.41) is 0. The van der Waals surface area contributed by atoms with E-state index in [0.29, 0.717) is 13.1 Å². The van der Waals surface area contributed by atoms with Crippen LogP contribution in [0.4, 0.5) is 9.59 Å². The first kappa shape index (κ1) is 32.9. The quantitative estimate of drug-likeness (QED) is 0.191. The summed E-state index contributed by atoms with van der Waals surface area (Å²) in [6.07, 6.45) is 4.81. The molecule has 2 fully saturated rings. The van der Waals surface area contributed by atoms with Crippen LogP contribution in [-0.4, -0.2) is 66.2 Å². The van der Waals surface area contributed by atoms with E-state index in [4.69, 9.17) is 14.5 Å². The van der Waals surface area contributed by atoms with Crippen LogP contribution in [-0.2, 0) is 9.47 Å². The molecule has 49 heavy (non-hydrogen) atoms. The van der Waals surface area contributed by atoms with Gasteiger partial charge in [0, 0.05) is 22.8 Å². The van der Waals surface area contributed by atoms with E-state index in [2.05, 4.69) is 63.5 Å². The average molecular weight is 681 g/mol. The number of H-pyrrole nitrogens is 2. The Morgan fingerprint density at radius 2 is 1.29 bits per heavy atom. The summed E-state index contributed by atoms with van der Waals surface area (Å²) >= 11 is 1.75. The first-order valence-electron chi connectivity index (χ1n) is 17.1. The molecule has 0 radical (unpaired) electrons. The van der Waals surface area contributed by atoms with Crippen LogP contribution in [0.3, 0.4) is 0 Å². The molecule has 5 heterocycles. The van der Waals surface area contributed by atoms with Gasteiger partial charge in [0.2, 0.25) is 0 Å². The number of carbonyl (C=O) groups excluding carboxylic acids is 2. The van der Waals surface area contributed by atoms with Crippen molar-refractivity contribution < 1.29 is 19.1 Å². The lowest BCUT2D eigenvalue weighted by molar-refractivity contribution is 0.0208. The van der Waals surface area contributed by atoms with Crippen LogP contribution in [0.1, 0.15) is 91.0 Å². The Kier molecular flexibility index (Phi) is 8.50. The number of nitrogens with zero attached hydrogens (tertiary/aromatic N) is 4. The third-order valence-corrected chi connectivity index (χ3v) is 10.0. The van der Waals surface area contributed by atoms with Crippen LogP contribution in [0, 0.1) is 0 Å². The molecule has 7 rings (SSSR count). The van der Waals surface area contributed by atoms with E-state index in [1.54, 1.807) is 21.1 Å². The standard InChI is InChI=1S/C38H44N6O4S/c1-37(2,3)47-35(45)43-19-7-9-29(43)33-39-22-28(42-33)23-11-13-24(14-12-23)31-17-18-32(49-31)25-15-16-26-27(21-25)41-34(40-26)30-10-8-20-44(30)36(46)48-38(4,5)6/h11-18,21-22,29-30H,7-10,19-20H2,1-6H3,(H,39,42)(H,40,41). The van der Waals surface area contributed by atoms with Gasteiger partial charge in [-0.2, -0.15) is 0 Å². The normalized spacial score (nSPS) is 18.4. The van der Waals surface area contributed by atoms with Crippen LogP contribution in [0.15, 0.2) is 60.8 Å². The predicted octanol–water partition coefficient (Wildman–Crippen LogP) is 9.49. The molecule has 2 amide bonds. The molecular formula is C38H44N6O4S. The summed E-state index contributed by atoms with van der Waals surface area (Å²) in [6.45, 7) is 12.7. The smallest absolute Gasteiger partial charge is 0.410 e. The van der Waals surface area contributed by atoms with Crippen molar-refractivity contribution in [3.63, 3.8) is 0 Å². The molecule has 11 heteroatoms. The number of aromatic nitrogens is 4. The number of nitrogens with one attached hydrogen (secondary N) is 2. The molecule has 3 aromatic heterocycles. The summed E-state index contributed by atoms with van der Waals surface area (Å²) in [4.78, 5) is 48.1. The van der Waals surface area contributed by atoms with Crippen molar-refractivity contribution in [1.29, 1.82) is 0 Å². The first-order valence-corrected chi connectivity index (χ1v) is 17.9. The van der Waals surface area contributed by atoms with E-state index >= 15 is 0 Å². The monoisotopic (exact) mass is 680 g/mol. The highest BCUT2D eigenvalue weighted by molar-refractivity contribution is 7.18. The van der Waals surface area contributed by atoms with Crippen molar-refractivity contribution in [1.82, 2.24) is 29.7 Å². The molecule has 2 unspecified atom stereocenters. The van der Waals surface area contributed by atoms with Gasteiger partial charge in [0.05, 0.1) is 35.0 Å². The number of amides is 2. The van der Waals surface area contributed by atoms with Crippen molar-refractivity contribution in [2.75, 3.05) is 13.1 Å². The Hall–Kier alpha value is -4.64. The van der Waals surface area contributed by atoms with Crippen LogP contribution >= 0.6 is 11.3 Å². The molecule has 2 N–H and O–H groups in total. The SMILES string of the molecule is CC(C)(C)OC(=O)N1CCCC1c1ncc(-c2ccc(-c3ccc(-c4ccc5nc(C6CCCN6C(=O)OC(C)(C)C)[nH]c5c4)s3)cc2)[nH]1. The molecule has 5 aromatic rings. The number of aromatic amines is 2.